The molecule has 8 heteroatoms. The molecule has 0 fully saturated rings. The lowest BCUT2D eigenvalue weighted by Gasteiger charge is -2.23. The Morgan fingerprint density at radius 3 is 2.17 bits per heavy atom. The number of anilines is 1. The standard InChI is InChI=1S/C27H27ClN2O5/c1-27(2,3)19-8-5-4-7-18(19)24(32)30-21(26(34)35)15-16-11-13-17(14-12-16)29-25(33)23-20(28)9-6-10-22(23)31/h4-14,21,31H,15H2,1-3H3,(H,29,33)(H,30,32)(H,34,35). The fraction of sp³-hybridized carbons (Fsp3) is 0.222. The van der Waals surface area contributed by atoms with Gasteiger partial charge in [-0.15, -0.1) is 0 Å². The average Bonchev–Trinajstić information content (AvgIpc) is 2.79. The van der Waals surface area contributed by atoms with Crippen molar-refractivity contribution >= 4 is 35.1 Å². The molecule has 1 atom stereocenters. The van der Waals surface area contributed by atoms with Crippen molar-refractivity contribution < 1.29 is 24.6 Å². The molecule has 0 aromatic heterocycles. The van der Waals surface area contributed by atoms with Crippen LogP contribution in [0.2, 0.25) is 5.02 Å². The number of amides is 2. The van der Waals surface area contributed by atoms with E-state index in [2.05, 4.69) is 10.6 Å². The maximum atomic E-state index is 12.9. The summed E-state index contributed by atoms with van der Waals surface area (Å²) >= 11 is 6.01. The van der Waals surface area contributed by atoms with E-state index in [4.69, 9.17) is 11.6 Å². The van der Waals surface area contributed by atoms with E-state index in [1.165, 1.54) is 18.2 Å². The lowest BCUT2D eigenvalue weighted by molar-refractivity contribution is -0.139. The molecule has 182 valence electrons. The molecule has 3 aromatic rings. The number of halogens is 1. The lowest BCUT2D eigenvalue weighted by atomic mass is 9.83. The first-order valence-electron chi connectivity index (χ1n) is 11.0. The first-order valence-corrected chi connectivity index (χ1v) is 11.4. The summed E-state index contributed by atoms with van der Waals surface area (Å²) in [6, 6.07) is 16.9. The Morgan fingerprint density at radius 1 is 0.914 bits per heavy atom. The number of carbonyl (C=O) groups is 3. The van der Waals surface area contributed by atoms with Crippen LogP contribution in [0.4, 0.5) is 5.69 Å². The highest BCUT2D eigenvalue weighted by Gasteiger charge is 2.25. The van der Waals surface area contributed by atoms with Gasteiger partial charge in [-0.3, -0.25) is 9.59 Å². The third-order valence-electron chi connectivity index (χ3n) is 5.45. The van der Waals surface area contributed by atoms with Crippen molar-refractivity contribution in [3.05, 3.63) is 94.0 Å². The first kappa shape index (κ1) is 25.8. The highest BCUT2D eigenvalue weighted by molar-refractivity contribution is 6.34. The van der Waals surface area contributed by atoms with Crippen LogP contribution in [-0.2, 0) is 16.6 Å². The summed E-state index contributed by atoms with van der Waals surface area (Å²) in [4.78, 5) is 37.3. The molecule has 3 aromatic carbocycles. The number of phenolic OH excluding ortho intramolecular Hbond substituents is 1. The van der Waals surface area contributed by atoms with Gasteiger partial charge in [0.25, 0.3) is 11.8 Å². The molecule has 0 spiro atoms. The number of aliphatic carboxylic acids is 1. The third-order valence-corrected chi connectivity index (χ3v) is 5.77. The van der Waals surface area contributed by atoms with Gasteiger partial charge in [0, 0.05) is 17.7 Å². The Hall–Kier alpha value is -3.84. The zero-order valence-corrected chi connectivity index (χ0v) is 20.4. The van der Waals surface area contributed by atoms with Gasteiger partial charge in [-0.25, -0.2) is 4.79 Å². The molecule has 0 saturated heterocycles. The van der Waals surface area contributed by atoms with Crippen molar-refractivity contribution in [3.8, 4) is 5.75 Å². The van der Waals surface area contributed by atoms with Crippen molar-refractivity contribution in [2.75, 3.05) is 5.32 Å². The SMILES string of the molecule is CC(C)(C)c1ccccc1C(=O)NC(Cc1ccc(NC(=O)c2c(O)cccc2Cl)cc1)C(=O)O. The van der Waals surface area contributed by atoms with E-state index in [0.717, 1.165) is 5.56 Å². The summed E-state index contributed by atoms with van der Waals surface area (Å²) in [7, 11) is 0. The number of carbonyl (C=O) groups excluding carboxylic acids is 2. The number of nitrogens with one attached hydrogen (secondary N) is 2. The predicted molar refractivity (Wildman–Crippen MR) is 135 cm³/mol. The van der Waals surface area contributed by atoms with Crippen LogP contribution in [0.15, 0.2) is 66.7 Å². The minimum absolute atomic E-state index is 0.0394. The molecular weight excluding hydrogens is 468 g/mol. The number of carboxylic acids is 1. The van der Waals surface area contributed by atoms with Crippen LogP contribution < -0.4 is 10.6 Å². The van der Waals surface area contributed by atoms with E-state index in [0.29, 0.717) is 16.8 Å². The van der Waals surface area contributed by atoms with Crippen LogP contribution in [0.5, 0.6) is 5.75 Å². The number of aromatic hydroxyl groups is 1. The molecule has 0 heterocycles. The number of carboxylic acid groups (broad SMARTS) is 1. The summed E-state index contributed by atoms with van der Waals surface area (Å²) in [6.45, 7) is 5.96. The normalized spacial score (nSPS) is 12.0. The number of hydrogen-bond donors (Lipinski definition) is 4. The van der Waals surface area contributed by atoms with E-state index >= 15 is 0 Å². The molecular formula is C27H27ClN2O5. The van der Waals surface area contributed by atoms with Crippen LogP contribution in [0.3, 0.4) is 0 Å². The van der Waals surface area contributed by atoms with Gasteiger partial charge in [0.15, 0.2) is 0 Å². The minimum Gasteiger partial charge on any atom is -0.507 e. The molecule has 0 bridgehead atoms. The van der Waals surface area contributed by atoms with E-state index in [-0.39, 0.29) is 28.2 Å². The highest BCUT2D eigenvalue weighted by Crippen LogP contribution is 2.27. The van der Waals surface area contributed by atoms with Crippen LogP contribution >= 0.6 is 11.6 Å². The van der Waals surface area contributed by atoms with Crippen LogP contribution in [0.1, 0.15) is 52.6 Å². The number of phenols is 1. The number of rotatable bonds is 7. The molecule has 0 aliphatic heterocycles. The van der Waals surface area contributed by atoms with Gasteiger partial charge in [0.1, 0.15) is 17.4 Å². The Kier molecular flexibility index (Phi) is 7.82. The smallest absolute Gasteiger partial charge is 0.326 e. The monoisotopic (exact) mass is 494 g/mol. The molecule has 7 nitrogen and oxygen atoms in total. The zero-order chi connectivity index (χ0) is 25.8. The molecule has 0 aliphatic carbocycles. The van der Waals surface area contributed by atoms with Crippen LogP contribution in [-0.4, -0.2) is 34.0 Å². The summed E-state index contributed by atoms with van der Waals surface area (Å²) in [5.74, 6) is -2.42. The van der Waals surface area contributed by atoms with Gasteiger partial charge < -0.3 is 20.8 Å². The molecule has 2 amide bonds. The maximum Gasteiger partial charge on any atom is 0.326 e. The van der Waals surface area contributed by atoms with E-state index in [1.807, 2.05) is 32.9 Å². The number of benzene rings is 3. The summed E-state index contributed by atoms with van der Waals surface area (Å²) in [6.07, 6.45) is 0.0539. The van der Waals surface area contributed by atoms with Gasteiger partial charge in [-0.05, 0) is 46.9 Å². The molecule has 35 heavy (non-hydrogen) atoms. The Morgan fingerprint density at radius 2 is 1.57 bits per heavy atom. The quantitative estimate of drug-likeness (QED) is 0.368. The number of hydrogen-bond acceptors (Lipinski definition) is 4. The van der Waals surface area contributed by atoms with Crippen molar-refractivity contribution in [1.29, 1.82) is 0 Å². The van der Waals surface area contributed by atoms with Crippen molar-refractivity contribution in [2.45, 2.75) is 38.6 Å². The van der Waals surface area contributed by atoms with Gasteiger partial charge in [-0.1, -0.05) is 68.8 Å². The van der Waals surface area contributed by atoms with Crippen LogP contribution in [0.25, 0.3) is 0 Å². The topological polar surface area (TPSA) is 116 Å². The second kappa shape index (κ2) is 10.6. The molecule has 0 radical (unpaired) electrons. The Balaban J connectivity index is 1.71. The second-order valence-corrected chi connectivity index (χ2v) is 9.56. The molecule has 0 aliphatic rings. The van der Waals surface area contributed by atoms with Crippen molar-refractivity contribution in [1.82, 2.24) is 5.32 Å². The van der Waals surface area contributed by atoms with Gasteiger partial charge >= 0.3 is 5.97 Å². The van der Waals surface area contributed by atoms with Gasteiger partial charge in [-0.2, -0.15) is 0 Å². The largest absolute Gasteiger partial charge is 0.507 e. The maximum absolute atomic E-state index is 12.9. The summed E-state index contributed by atoms with van der Waals surface area (Å²) in [5, 5.41) is 25.0. The molecule has 1 unspecified atom stereocenters. The van der Waals surface area contributed by atoms with Crippen LogP contribution in [0, 0.1) is 0 Å². The summed E-state index contributed by atoms with van der Waals surface area (Å²) < 4.78 is 0. The molecule has 3 rings (SSSR count). The first-order chi connectivity index (χ1) is 16.5. The zero-order valence-electron chi connectivity index (χ0n) is 19.6. The Bertz CT molecular complexity index is 1230. The predicted octanol–water partition coefficient (Wildman–Crippen LogP) is 5.02. The van der Waals surface area contributed by atoms with E-state index in [1.54, 1.807) is 36.4 Å². The van der Waals surface area contributed by atoms with Gasteiger partial charge in [0.2, 0.25) is 0 Å². The average molecular weight is 495 g/mol. The fourth-order valence-corrected chi connectivity index (χ4v) is 3.92. The highest BCUT2D eigenvalue weighted by atomic mass is 35.5. The van der Waals surface area contributed by atoms with Crippen molar-refractivity contribution in [3.63, 3.8) is 0 Å². The van der Waals surface area contributed by atoms with Crippen molar-refractivity contribution in [2.24, 2.45) is 0 Å². The lowest BCUT2D eigenvalue weighted by Crippen LogP contribution is -2.43. The molecule has 4 N–H and O–H groups in total. The minimum atomic E-state index is -1.15. The fourth-order valence-electron chi connectivity index (χ4n) is 3.66. The Labute approximate surface area is 208 Å². The summed E-state index contributed by atoms with van der Waals surface area (Å²) in [5.41, 5.74) is 2.03. The van der Waals surface area contributed by atoms with E-state index < -0.39 is 23.8 Å². The third kappa shape index (κ3) is 6.39. The van der Waals surface area contributed by atoms with Gasteiger partial charge in [0.05, 0.1) is 5.02 Å². The van der Waals surface area contributed by atoms with E-state index in [9.17, 15) is 24.6 Å². The molecule has 0 saturated carbocycles. The second-order valence-electron chi connectivity index (χ2n) is 9.15.